The van der Waals surface area contributed by atoms with Gasteiger partial charge in [0.2, 0.25) is 0 Å². The van der Waals surface area contributed by atoms with Crippen LogP contribution in [0.25, 0.3) is 0 Å². The molecule has 0 atom stereocenters. The normalized spacial score (nSPS) is 11.0. The Morgan fingerprint density at radius 1 is 1.10 bits per heavy atom. The first-order valence-electron chi connectivity index (χ1n) is 6.42. The Balaban J connectivity index is 2.05. The molecule has 110 valence electrons. The van der Waals surface area contributed by atoms with Gasteiger partial charge in [-0.2, -0.15) is 0 Å². The fourth-order valence-corrected chi connectivity index (χ4v) is 1.80. The molecule has 0 unspecified atom stereocenters. The van der Waals surface area contributed by atoms with Gasteiger partial charge in [0.25, 0.3) is 5.91 Å². The van der Waals surface area contributed by atoms with Crippen molar-refractivity contribution in [1.29, 1.82) is 0 Å². The summed E-state index contributed by atoms with van der Waals surface area (Å²) in [5.41, 5.74) is -0.461. The van der Waals surface area contributed by atoms with Crippen molar-refractivity contribution in [3.05, 3.63) is 53.6 Å². The molecule has 2 aromatic carbocycles. The van der Waals surface area contributed by atoms with Crippen molar-refractivity contribution in [2.75, 3.05) is 5.32 Å². The molecule has 0 aliphatic rings. The van der Waals surface area contributed by atoms with Crippen molar-refractivity contribution in [2.24, 2.45) is 0 Å². The van der Waals surface area contributed by atoms with Crippen LogP contribution in [0.1, 0.15) is 13.8 Å². The van der Waals surface area contributed by atoms with E-state index in [1.165, 1.54) is 12.1 Å². The van der Waals surface area contributed by atoms with Crippen molar-refractivity contribution in [3.63, 3.8) is 0 Å². The summed E-state index contributed by atoms with van der Waals surface area (Å²) in [6.45, 7) is 3.36. The first-order chi connectivity index (χ1) is 9.87. The van der Waals surface area contributed by atoms with E-state index in [2.05, 4.69) is 5.32 Å². The number of phenolic OH excluding ortho intramolecular Hbond substituents is 1. The number of halogens is 1. The molecule has 0 aliphatic heterocycles. The third-order valence-electron chi connectivity index (χ3n) is 2.86. The number of benzene rings is 2. The zero-order chi connectivity index (χ0) is 15.5. The smallest absolute Gasteiger partial charge is 0.267 e. The fourth-order valence-electron chi connectivity index (χ4n) is 1.67. The lowest BCUT2D eigenvalue weighted by Crippen LogP contribution is -2.42. The molecule has 2 aromatic rings. The van der Waals surface area contributed by atoms with Crippen molar-refractivity contribution < 1.29 is 14.6 Å². The third-order valence-corrected chi connectivity index (χ3v) is 3.11. The van der Waals surface area contributed by atoms with Gasteiger partial charge in [-0.25, -0.2) is 0 Å². The molecule has 4 nitrogen and oxygen atoms in total. The lowest BCUT2D eigenvalue weighted by molar-refractivity contribution is -0.128. The van der Waals surface area contributed by atoms with Gasteiger partial charge < -0.3 is 15.2 Å². The molecule has 2 rings (SSSR count). The Morgan fingerprint density at radius 2 is 1.67 bits per heavy atom. The van der Waals surface area contributed by atoms with Crippen molar-refractivity contribution >= 4 is 23.2 Å². The molecule has 1 amide bonds. The zero-order valence-electron chi connectivity index (χ0n) is 11.8. The van der Waals surface area contributed by atoms with E-state index >= 15 is 0 Å². The summed E-state index contributed by atoms with van der Waals surface area (Å²) in [5, 5.41) is 12.6. The summed E-state index contributed by atoms with van der Waals surface area (Å²) in [4.78, 5) is 12.3. The monoisotopic (exact) mass is 305 g/mol. The van der Waals surface area contributed by atoms with E-state index in [-0.39, 0.29) is 11.7 Å². The Morgan fingerprint density at radius 3 is 2.24 bits per heavy atom. The summed E-state index contributed by atoms with van der Waals surface area (Å²) >= 11 is 5.81. The van der Waals surface area contributed by atoms with E-state index in [0.29, 0.717) is 16.5 Å². The van der Waals surface area contributed by atoms with E-state index in [1.807, 2.05) is 0 Å². The van der Waals surface area contributed by atoms with Gasteiger partial charge in [-0.1, -0.05) is 11.6 Å². The van der Waals surface area contributed by atoms with Gasteiger partial charge in [0.15, 0.2) is 5.60 Å². The van der Waals surface area contributed by atoms with Crippen LogP contribution in [0.3, 0.4) is 0 Å². The maximum atomic E-state index is 12.3. The van der Waals surface area contributed by atoms with Crippen LogP contribution in [0, 0.1) is 0 Å². The van der Waals surface area contributed by atoms with Crippen molar-refractivity contribution in [1.82, 2.24) is 0 Å². The number of amides is 1. The van der Waals surface area contributed by atoms with Crippen LogP contribution in [0.15, 0.2) is 48.5 Å². The number of hydrogen-bond acceptors (Lipinski definition) is 3. The van der Waals surface area contributed by atoms with Crippen molar-refractivity contribution in [2.45, 2.75) is 19.4 Å². The van der Waals surface area contributed by atoms with Gasteiger partial charge in [-0.15, -0.1) is 0 Å². The average molecular weight is 306 g/mol. The first kappa shape index (κ1) is 15.2. The number of hydrogen-bond donors (Lipinski definition) is 2. The number of aromatic hydroxyl groups is 1. The molecule has 0 bridgehead atoms. The van der Waals surface area contributed by atoms with Crippen LogP contribution in [-0.2, 0) is 4.79 Å². The molecule has 0 saturated carbocycles. The Labute approximate surface area is 128 Å². The van der Waals surface area contributed by atoms with E-state index in [4.69, 9.17) is 16.3 Å². The second-order valence-corrected chi connectivity index (χ2v) is 5.50. The standard InChI is InChI=1S/C16H16ClNO3/c1-16(2,21-14-9-3-11(17)4-10-14)15(20)18-12-5-7-13(19)8-6-12/h3-10,19H,1-2H3,(H,18,20). The molecule has 2 N–H and O–H groups in total. The highest BCUT2D eigenvalue weighted by Crippen LogP contribution is 2.22. The molecule has 0 heterocycles. The minimum absolute atomic E-state index is 0.143. The van der Waals surface area contributed by atoms with E-state index in [1.54, 1.807) is 50.2 Å². The molecule has 0 saturated heterocycles. The lowest BCUT2D eigenvalue weighted by atomic mass is 10.1. The SMILES string of the molecule is CC(C)(Oc1ccc(Cl)cc1)C(=O)Nc1ccc(O)cc1. The highest BCUT2D eigenvalue weighted by atomic mass is 35.5. The van der Waals surface area contributed by atoms with Crippen LogP contribution >= 0.6 is 11.6 Å². The van der Waals surface area contributed by atoms with Gasteiger partial charge in [0.05, 0.1) is 0 Å². The van der Waals surface area contributed by atoms with Crippen molar-refractivity contribution in [3.8, 4) is 11.5 Å². The molecule has 5 heteroatoms. The van der Waals surface area contributed by atoms with Crippen LogP contribution < -0.4 is 10.1 Å². The van der Waals surface area contributed by atoms with Gasteiger partial charge in [-0.3, -0.25) is 4.79 Å². The minimum atomic E-state index is -1.05. The molecule has 0 radical (unpaired) electrons. The molecular formula is C16H16ClNO3. The Hall–Kier alpha value is -2.20. The summed E-state index contributed by atoms with van der Waals surface area (Å²) in [6, 6.07) is 13.0. The number of anilines is 1. The molecule has 0 spiro atoms. The van der Waals surface area contributed by atoms with Crippen LogP contribution in [0.4, 0.5) is 5.69 Å². The van der Waals surface area contributed by atoms with Crippen LogP contribution in [0.2, 0.25) is 5.02 Å². The quantitative estimate of drug-likeness (QED) is 0.844. The predicted octanol–water partition coefficient (Wildman–Crippen LogP) is 3.84. The maximum absolute atomic E-state index is 12.3. The number of carbonyl (C=O) groups is 1. The minimum Gasteiger partial charge on any atom is -0.508 e. The molecule has 0 aromatic heterocycles. The number of ether oxygens (including phenoxy) is 1. The summed E-state index contributed by atoms with van der Waals surface area (Å²) in [5.74, 6) is 0.415. The number of nitrogens with one attached hydrogen (secondary N) is 1. The largest absolute Gasteiger partial charge is 0.508 e. The van der Waals surface area contributed by atoms with Crippen LogP contribution in [0.5, 0.6) is 11.5 Å². The summed E-state index contributed by atoms with van der Waals surface area (Å²) in [6.07, 6.45) is 0. The van der Waals surface area contributed by atoms with E-state index in [0.717, 1.165) is 0 Å². The first-order valence-corrected chi connectivity index (χ1v) is 6.80. The number of rotatable bonds is 4. The molecule has 21 heavy (non-hydrogen) atoms. The number of carbonyl (C=O) groups excluding carboxylic acids is 1. The van der Waals surface area contributed by atoms with Gasteiger partial charge in [0.1, 0.15) is 11.5 Å². The van der Waals surface area contributed by atoms with Crippen LogP contribution in [-0.4, -0.2) is 16.6 Å². The topological polar surface area (TPSA) is 58.6 Å². The maximum Gasteiger partial charge on any atom is 0.267 e. The number of phenols is 1. The van der Waals surface area contributed by atoms with E-state index in [9.17, 15) is 9.90 Å². The predicted molar refractivity (Wildman–Crippen MR) is 82.9 cm³/mol. The Bertz CT molecular complexity index is 621. The third kappa shape index (κ3) is 4.13. The summed E-state index contributed by atoms with van der Waals surface area (Å²) < 4.78 is 5.69. The molecular weight excluding hydrogens is 290 g/mol. The highest BCUT2D eigenvalue weighted by molar-refractivity contribution is 6.30. The molecule has 0 aliphatic carbocycles. The van der Waals surface area contributed by atoms with Gasteiger partial charge >= 0.3 is 0 Å². The second-order valence-electron chi connectivity index (χ2n) is 5.07. The summed E-state index contributed by atoms with van der Waals surface area (Å²) in [7, 11) is 0. The Kier molecular flexibility index (Phi) is 4.38. The zero-order valence-corrected chi connectivity index (χ0v) is 12.5. The van der Waals surface area contributed by atoms with Gasteiger partial charge in [-0.05, 0) is 62.4 Å². The highest BCUT2D eigenvalue weighted by Gasteiger charge is 2.30. The lowest BCUT2D eigenvalue weighted by Gasteiger charge is -2.25. The van der Waals surface area contributed by atoms with E-state index < -0.39 is 5.60 Å². The average Bonchev–Trinajstić information content (AvgIpc) is 2.43. The van der Waals surface area contributed by atoms with Gasteiger partial charge in [0, 0.05) is 10.7 Å². The molecule has 0 fully saturated rings. The fraction of sp³-hybridized carbons (Fsp3) is 0.188. The second kappa shape index (κ2) is 6.06.